The Kier molecular flexibility index (Phi) is 4.69. The standard InChI is InChI=1S/C16H18F2N2/c1-2-20(16-6-4-3-5-15(16)18)11-12-7-8-14(17)13(9-12)10-19/h3-9H,2,10-11,19H2,1H3. The number of anilines is 1. The first-order valence-corrected chi connectivity index (χ1v) is 6.62. The van der Waals surface area contributed by atoms with Crippen LogP contribution in [0.15, 0.2) is 42.5 Å². The van der Waals surface area contributed by atoms with Crippen molar-refractivity contribution in [3.8, 4) is 0 Å². The number of hydrogen-bond donors (Lipinski definition) is 1. The molecule has 0 bridgehead atoms. The SMILES string of the molecule is CCN(Cc1ccc(F)c(CN)c1)c1ccccc1F. The van der Waals surface area contributed by atoms with E-state index in [9.17, 15) is 8.78 Å². The topological polar surface area (TPSA) is 29.3 Å². The minimum absolute atomic E-state index is 0.158. The third kappa shape index (κ3) is 3.14. The summed E-state index contributed by atoms with van der Waals surface area (Å²) in [4.78, 5) is 1.91. The van der Waals surface area contributed by atoms with E-state index >= 15 is 0 Å². The summed E-state index contributed by atoms with van der Waals surface area (Å²) in [6.45, 7) is 3.30. The maximum atomic E-state index is 13.8. The molecule has 0 aliphatic rings. The van der Waals surface area contributed by atoms with Crippen molar-refractivity contribution in [1.82, 2.24) is 0 Å². The van der Waals surface area contributed by atoms with Gasteiger partial charge in [0.15, 0.2) is 0 Å². The highest BCUT2D eigenvalue weighted by molar-refractivity contribution is 5.48. The number of para-hydroxylation sites is 1. The zero-order valence-corrected chi connectivity index (χ0v) is 11.4. The molecule has 2 aromatic rings. The van der Waals surface area contributed by atoms with Gasteiger partial charge in [-0.15, -0.1) is 0 Å². The fourth-order valence-corrected chi connectivity index (χ4v) is 2.18. The second kappa shape index (κ2) is 6.48. The molecule has 0 fully saturated rings. The highest BCUT2D eigenvalue weighted by Gasteiger charge is 2.11. The predicted octanol–water partition coefficient (Wildman–Crippen LogP) is 3.45. The molecule has 2 rings (SSSR count). The fraction of sp³-hybridized carbons (Fsp3) is 0.250. The third-order valence-corrected chi connectivity index (χ3v) is 3.28. The lowest BCUT2D eigenvalue weighted by molar-refractivity contribution is 0.607. The molecule has 2 N–H and O–H groups in total. The fourth-order valence-electron chi connectivity index (χ4n) is 2.18. The van der Waals surface area contributed by atoms with Gasteiger partial charge in [0.1, 0.15) is 11.6 Å². The molecule has 106 valence electrons. The molecule has 4 heteroatoms. The molecule has 0 saturated carbocycles. The number of nitrogens with two attached hydrogens (primary N) is 1. The predicted molar refractivity (Wildman–Crippen MR) is 77.4 cm³/mol. The van der Waals surface area contributed by atoms with Crippen molar-refractivity contribution < 1.29 is 8.78 Å². The molecule has 0 spiro atoms. The molecule has 0 atom stereocenters. The normalized spacial score (nSPS) is 10.6. The summed E-state index contributed by atoms with van der Waals surface area (Å²) < 4.78 is 27.2. The Morgan fingerprint density at radius 3 is 2.45 bits per heavy atom. The van der Waals surface area contributed by atoms with Gasteiger partial charge in [-0.3, -0.25) is 0 Å². The smallest absolute Gasteiger partial charge is 0.146 e. The molecule has 0 unspecified atom stereocenters. The second-order valence-corrected chi connectivity index (χ2v) is 4.60. The van der Waals surface area contributed by atoms with Crippen LogP contribution in [-0.4, -0.2) is 6.54 Å². The van der Waals surface area contributed by atoms with Gasteiger partial charge >= 0.3 is 0 Å². The Bertz CT molecular complexity index is 584. The van der Waals surface area contributed by atoms with Gasteiger partial charge in [0, 0.05) is 25.2 Å². The van der Waals surface area contributed by atoms with Crippen molar-refractivity contribution >= 4 is 5.69 Å². The van der Waals surface area contributed by atoms with Crippen LogP contribution in [0.4, 0.5) is 14.5 Å². The summed E-state index contributed by atoms with van der Waals surface area (Å²) >= 11 is 0. The quantitative estimate of drug-likeness (QED) is 0.906. The van der Waals surface area contributed by atoms with Crippen LogP contribution in [-0.2, 0) is 13.1 Å². The molecule has 2 nitrogen and oxygen atoms in total. The van der Waals surface area contributed by atoms with Gasteiger partial charge in [-0.05, 0) is 36.8 Å². The molecular weight excluding hydrogens is 258 g/mol. The van der Waals surface area contributed by atoms with E-state index in [2.05, 4.69) is 0 Å². The van der Waals surface area contributed by atoms with Crippen molar-refractivity contribution in [2.45, 2.75) is 20.0 Å². The van der Waals surface area contributed by atoms with E-state index in [0.717, 1.165) is 5.56 Å². The van der Waals surface area contributed by atoms with Gasteiger partial charge < -0.3 is 10.6 Å². The Hall–Kier alpha value is -1.94. The molecular formula is C16H18F2N2. The summed E-state index contributed by atoms with van der Waals surface area (Å²) in [5.41, 5.74) is 7.45. The molecule has 0 saturated heterocycles. The van der Waals surface area contributed by atoms with Crippen molar-refractivity contribution in [3.05, 3.63) is 65.2 Å². The minimum Gasteiger partial charge on any atom is -0.365 e. The lowest BCUT2D eigenvalue weighted by atomic mass is 10.1. The summed E-state index contributed by atoms with van der Waals surface area (Å²) in [5, 5.41) is 0. The van der Waals surface area contributed by atoms with Gasteiger partial charge in [0.05, 0.1) is 5.69 Å². The van der Waals surface area contributed by atoms with E-state index in [0.29, 0.717) is 24.3 Å². The lowest BCUT2D eigenvalue weighted by Gasteiger charge is -2.24. The van der Waals surface area contributed by atoms with Crippen molar-refractivity contribution in [2.24, 2.45) is 5.73 Å². The van der Waals surface area contributed by atoms with E-state index in [4.69, 9.17) is 5.73 Å². The molecule has 0 aromatic heterocycles. The van der Waals surface area contributed by atoms with Crippen LogP contribution in [0.1, 0.15) is 18.1 Å². The van der Waals surface area contributed by atoms with Crippen LogP contribution >= 0.6 is 0 Å². The molecule has 20 heavy (non-hydrogen) atoms. The molecule has 0 heterocycles. The zero-order valence-electron chi connectivity index (χ0n) is 11.4. The Morgan fingerprint density at radius 1 is 1.05 bits per heavy atom. The van der Waals surface area contributed by atoms with Crippen molar-refractivity contribution in [3.63, 3.8) is 0 Å². The molecule has 0 aliphatic heterocycles. The lowest BCUT2D eigenvalue weighted by Crippen LogP contribution is -2.23. The maximum absolute atomic E-state index is 13.8. The number of nitrogens with zero attached hydrogens (tertiary/aromatic N) is 1. The van der Waals surface area contributed by atoms with Crippen LogP contribution in [0, 0.1) is 11.6 Å². The maximum Gasteiger partial charge on any atom is 0.146 e. The van der Waals surface area contributed by atoms with E-state index in [-0.39, 0.29) is 18.2 Å². The van der Waals surface area contributed by atoms with Crippen LogP contribution in [0.3, 0.4) is 0 Å². The first-order valence-electron chi connectivity index (χ1n) is 6.62. The Labute approximate surface area is 117 Å². The van der Waals surface area contributed by atoms with Gasteiger partial charge in [0.2, 0.25) is 0 Å². The van der Waals surface area contributed by atoms with Crippen LogP contribution < -0.4 is 10.6 Å². The van der Waals surface area contributed by atoms with Gasteiger partial charge in [-0.1, -0.05) is 18.2 Å². The number of rotatable bonds is 5. The van der Waals surface area contributed by atoms with Gasteiger partial charge in [-0.2, -0.15) is 0 Å². The van der Waals surface area contributed by atoms with Crippen LogP contribution in [0.5, 0.6) is 0 Å². The summed E-state index contributed by atoms with van der Waals surface area (Å²) in [7, 11) is 0. The van der Waals surface area contributed by atoms with Crippen LogP contribution in [0.25, 0.3) is 0 Å². The van der Waals surface area contributed by atoms with Crippen molar-refractivity contribution in [2.75, 3.05) is 11.4 Å². The summed E-state index contributed by atoms with van der Waals surface area (Å²) in [5.74, 6) is -0.555. The largest absolute Gasteiger partial charge is 0.365 e. The van der Waals surface area contributed by atoms with Gasteiger partial charge in [-0.25, -0.2) is 8.78 Å². The van der Waals surface area contributed by atoms with Crippen molar-refractivity contribution in [1.29, 1.82) is 0 Å². The molecule has 0 aliphatic carbocycles. The third-order valence-electron chi connectivity index (χ3n) is 3.28. The number of hydrogen-bond acceptors (Lipinski definition) is 2. The Balaban J connectivity index is 2.25. The number of halogens is 2. The zero-order chi connectivity index (χ0) is 14.5. The average molecular weight is 276 g/mol. The van der Waals surface area contributed by atoms with Crippen LogP contribution in [0.2, 0.25) is 0 Å². The Morgan fingerprint density at radius 2 is 1.80 bits per heavy atom. The van der Waals surface area contributed by atoms with E-state index in [1.807, 2.05) is 11.8 Å². The monoisotopic (exact) mass is 276 g/mol. The molecule has 0 amide bonds. The minimum atomic E-state index is -0.301. The molecule has 0 radical (unpaired) electrons. The van der Waals surface area contributed by atoms with E-state index in [1.165, 1.54) is 12.1 Å². The first-order chi connectivity index (χ1) is 9.65. The molecule has 2 aromatic carbocycles. The average Bonchev–Trinajstić information content (AvgIpc) is 2.47. The highest BCUT2D eigenvalue weighted by atomic mass is 19.1. The second-order valence-electron chi connectivity index (χ2n) is 4.60. The van der Waals surface area contributed by atoms with E-state index < -0.39 is 0 Å². The summed E-state index contributed by atoms with van der Waals surface area (Å²) in [6.07, 6.45) is 0. The summed E-state index contributed by atoms with van der Waals surface area (Å²) in [6, 6.07) is 11.5. The first kappa shape index (κ1) is 14.5. The highest BCUT2D eigenvalue weighted by Crippen LogP contribution is 2.21. The number of benzene rings is 2. The van der Waals surface area contributed by atoms with Gasteiger partial charge in [0.25, 0.3) is 0 Å². The van der Waals surface area contributed by atoms with E-state index in [1.54, 1.807) is 30.3 Å².